The van der Waals surface area contributed by atoms with Crippen LogP contribution in [0, 0.1) is 6.92 Å². The molecule has 1 amide bonds. The number of anilines is 2. The highest BCUT2D eigenvalue weighted by Crippen LogP contribution is 2.21. The fourth-order valence-corrected chi connectivity index (χ4v) is 1.38. The Balaban J connectivity index is 2.25. The molecule has 7 nitrogen and oxygen atoms in total. The van der Waals surface area contributed by atoms with Gasteiger partial charge in [-0.3, -0.25) is 14.6 Å². The van der Waals surface area contributed by atoms with E-state index in [0.29, 0.717) is 22.9 Å². The molecule has 0 spiro atoms. The quantitative estimate of drug-likeness (QED) is 0.676. The van der Waals surface area contributed by atoms with Gasteiger partial charge in [-0.25, -0.2) is 0 Å². The van der Waals surface area contributed by atoms with E-state index in [2.05, 4.69) is 20.6 Å². The molecule has 0 atom stereocenters. The number of H-pyrrole nitrogens is 1. The lowest BCUT2D eigenvalue weighted by Crippen LogP contribution is -2.16. The van der Waals surface area contributed by atoms with Crippen LogP contribution in [0.5, 0.6) is 0 Å². The number of aromatic nitrogens is 4. The lowest BCUT2D eigenvalue weighted by Gasteiger charge is -2.04. The molecule has 0 aliphatic carbocycles. The van der Waals surface area contributed by atoms with Crippen LogP contribution in [0.25, 0.3) is 0 Å². The highest BCUT2D eigenvalue weighted by atomic mass is 16.2. The molecule has 4 N–H and O–H groups in total. The van der Waals surface area contributed by atoms with Crippen LogP contribution in [0.3, 0.4) is 0 Å². The van der Waals surface area contributed by atoms with Crippen LogP contribution in [-0.4, -0.2) is 25.9 Å². The standard InChI is InChI=1S/C9H12N6O/c1-5-7(10)8(15(2)14-5)12-9(16)6-3-4-11-13-6/h3-4H,10H2,1-2H3,(H,11,13)(H,12,16). The van der Waals surface area contributed by atoms with Gasteiger partial charge in [0.15, 0.2) is 5.82 Å². The third kappa shape index (κ3) is 1.62. The van der Waals surface area contributed by atoms with Gasteiger partial charge in [0.05, 0.1) is 11.4 Å². The average Bonchev–Trinajstić information content (AvgIpc) is 2.83. The third-order valence-corrected chi connectivity index (χ3v) is 2.25. The number of hydrogen-bond donors (Lipinski definition) is 3. The van der Waals surface area contributed by atoms with Crippen molar-refractivity contribution in [3.63, 3.8) is 0 Å². The number of nitrogens with two attached hydrogens (primary N) is 1. The van der Waals surface area contributed by atoms with Crippen molar-refractivity contribution in [2.45, 2.75) is 6.92 Å². The SMILES string of the molecule is Cc1nn(C)c(NC(=O)c2ccn[nH]2)c1N. The van der Waals surface area contributed by atoms with E-state index in [1.165, 1.54) is 10.9 Å². The number of nitrogen functional groups attached to an aromatic ring is 1. The molecule has 2 aromatic heterocycles. The van der Waals surface area contributed by atoms with Gasteiger partial charge in [0.1, 0.15) is 5.69 Å². The number of hydrogen-bond acceptors (Lipinski definition) is 4. The summed E-state index contributed by atoms with van der Waals surface area (Å²) in [7, 11) is 1.71. The first kappa shape index (κ1) is 10.2. The molecule has 0 unspecified atom stereocenters. The summed E-state index contributed by atoms with van der Waals surface area (Å²) in [5.74, 6) is 0.185. The topological polar surface area (TPSA) is 102 Å². The zero-order valence-electron chi connectivity index (χ0n) is 8.98. The van der Waals surface area contributed by atoms with Gasteiger partial charge in [0.25, 0.3) is 5.91 Å². The predicted molar refractivity (Wildman–Crippen MR) is 58.9 cm³/mol. The Hall–Kier alpha value is -2.31. The largest absolute Gasteiger partial charge is 0.394 e. The number of nitrogens with zero attached hydrogens (tertiary/aromatic N) is 3. The van der Waals surface area contributed by atoms with Gasteiger partial charge in [-0.2, -0.15) is 10.2 Å². The minimum atomic E-state index is -0.299. The van der Waals surface area contributed by atoms with Crippen molar-refractivity contribution in [1.82, 2.24) is 20.0 Å². The average molecular weight is 220 g/mol. The predicted octanol–water partition coefficient (Wildman–Crippen LogP) is 0.286. The molecule has 0 aliphatic heterocycles. The highest BCUT2D eigenvalue weighted by Gasteiger charge is 2.14. The van der Waals surface area contributed by atoms with Gasteiger partial charge in [0.2, 0.25) is 0 Å². The van der Waals surface area contributed by atoms with E-state index in [1.54, 1.807) is 20.0 Å². The Morgan fingerprint density at radius 1 is 1.62 bits per heavy atom. The maximum absolute atomic E-state index is 11.7. The number of rotatable bonds is 2. The second kappa shape index (κ2) is 3.69. The number of amides is 1. The first-order chi connectivity index (χ1) is 7.59. The monoisotopic (exact) mass is 220 g/mol. The molecular weight excluding hydrogens is 208 g/mol. The van der Waals surface area contributed by atoms with E-state index >= 15 is 0 Å². The van der Waals surface area contributed by atoms with E-state index in [-0.39, 0.29) is 5.91 Å². The van der Waals surface area contributed by atoms with Crippen molar-refractivity contribution >= 4 is 17.4 Å². The maximum Gasteiger partial charge on any atom is 0.274 e. The van der Waals surface area contributed by atoms with Crippen LogP contribution in [0.15, 0.2) is 12.3 Å². The molecule has 84 valence electrons. The molecule has 0 saturated heterocycles. The van der Waals surface area contributed by atoms with E-state index < -0.39 is 0 Å². The summed E-state index contributed by atoms with van der Waals surface area (Å²) in [6.45, 7) is 1.78. The van der Waals surface area contributed by atoms with Gasteiger partial charge in [-0.05, 0) is 13.0 Å². The van der Waals surface area contributed by atoms with E-state index in [1.807, 2.05) is 0 Å². The zero-order valence-corrected chi connectivity index (χ0v) is 8.98. The summed E-state index contributed by atoms with van der Waals surface area (Å²) in [5.41, 5.74) is 7.31. The fraction of sp³-hybridized carbons (Fsp3) is 0.222. The van der Waals surface area contributed by atoms with Gasteiger partial charge in [0, 0.05) is 13.2 Å². The summed E-state index contributed by atoms with van der Waals surface area (Å²) >= 11 is 0. The summed E-state index contributed by atoms with van der Waals surface area (Å²) in [6, 6.07) is 1.58. The van der Waals surface area contributed by atoms with E-state index in [4.69, 9.17) is 5.73 Å². The molecule has 0 aliphatic rings. The van der Waals surface area contributed by atoms with Crippen LogP contribution in [0.2, 0.25) is 0 Å². The molecule has 0 radical (unpaired) electrons. The molecule has 0 bridgehead atoms. The second-order valence-electron chi connectivity index (χ2n) is 3.40. The molecule has 0 fully saturated rings. The minimum Gasteiger partial charge on any atom is -0.394 e. The Morgan fingerprint density at radius 3 is 2.88 bits per heavy atom. The van der Waals surface area contributed by atoms with Gasteiger partial charge in [-0.1, -0.05) is 0 Å². The van der Waals surface area contributed by atoms with Gasteiger partial charge >= 0.3 is 0 Å². The first-order valence-corrected chi connectivity index (χ1v) is 4.69. The fourth-order valence-electron chi connectivity index (χ4n) is 1.38. The normalized spacial score (nSPS) is 10.4. The molecular formula is C9H12N6O. The number of carbonyl (C=O) groups is 1. The highest BCUT2D eigenvalue weighted by molar-refractivity contribution is 6.03. The molecule has 2 aromatic rings. The Labute approximate surface area is 91.6 Å². The number of aryl methyl sites for hydroxylation is 2. The lowest BCUT2D eigenvalue weighted by atomic mass is 10.3. The van der Waals surface area contributed by atoms with Crippen LogP contribution < -0.4 is 11.1 Å². The summed E-state index contributed by atoms with van der Waals surface area (Å²) in [5, 5.41) is 13.0. The lowest BCUT2D eigenvalue weighted by molar-refractivity contribution is 0.102. The number of nitrogens with one attached hydrogen (secondary N) is 2. The van der Waals surface area contributed by atoms with Crippen molar-refractivity contribution in [3.8, 4) is 0 Å². The molecule has 16 heavy (non-hydrogen) atoms. The van der Waals surface area contributed by atoms with Crippen molar-refractivity contribution < 1.29 is 4.79 Å². The minimum absolute atomic E-state index is 0.299. The smallest absolute Gasteiger partial charge is 0.274 e. The summed E-state index contributed by atoms with van der Waals surface area (Å²) < 4.78 is 1.53. The Bertz CT molecular complexity index is 512. The van der Waals surface area contributed by atoms with Crippen LogP contribution in [0.4, 0.5) is 11.5 Å². The third-order valence-electron chi connectivity index (χ3n) is 2.25. The van der Waals surface area contributed by atoms with Crippen LogP contribution in [0.1, 0.15) is 16.2 Å². The number of aromatic amines is 1. The van der Waals surface area contributed by atoms with Crippen molar-refractivity contribution in [3.05, 3.63) is 23.7 Å². The number of carbonyl (C=O) groups excluding carboxylic acids is 1. The van der Waals surface area contributed by atoms with E-state index in [9.17, 15) is 4.79 Å². The molecule has 2 rings (SSSR count). The molecule has 2 heterocycles. The maximum atomic E-state index is 11.7. The summed E-state index contributed by atoms with van der Waals surface area (Å²) in [4.78, 5) is 11.7. The Kier molecular flexibility index (Phi) is 2.35. The van der Waals surface area contributed by atoms with Gasteiger partial charge in [-0.15, -0.1) is 0 Å². The van der Waals surface area contributed by atoms with Crippen LogP contribution >= 0.6 is 0 Å². The zero-order chi connectivity index (χ0) is 11.7. The van der Waals surface area contributed by atoms with E-state index in [0.717, 1.165) is 0 Å². The van der Waals surface area contributed by atoms with Crippen molar-refractivity contribution in [2.24, 2.45) is 7.05 Å². The molecule has 7 heteroatoms. The molecule has 0 saturated carbocycles. The van der Waals surface area contributed by atoms with Crippen LogP contribution in [-0.2, 0) is 7.05 Å². The summed E-state index contributed by atoms with van der Waals surface area (Å²) in [6.07, 6.45) is 1.51. The first-order valence-electron chi connectivity index (χ1n) is 4.69. The molecule has 0 aromatic carbocycles. The van der Waals surface area contributed by atoms with Crippen molar-refractivity contribution in [2.75, 3.05) is 11.1 Å². The van der Waals surface area contributed by atoms with Crippen molar-refractivity contribution in [1.29, 1.82) is 0 Å². The van der Waals surface area contributed by atoms with Gasteiger partial charge < -0.3 is 11.1 Å². The second-order valence-corrected chi connectivity index (χ2v) is 3.40. The Morgan fingerprint density at radius 2 is 2.38 bits per heavy atom.